The number of rotatable bonds is 5. The van der Waals surface area contributed by atoms with Gasteiger partial charge in [-0.3, -0.25) is 9.48 Å². The SMILES string of the molecule is Cc1nn(C)c(C)c1/C=C/C(=O)OCC(=O)NC1CCCC1. The van der Waals surface area contributed by atoms with Crippen LogP contribution in [0, 0.1) is 13.8 Å². The Balaban J connectivity index is 1.79. The highest BCUT2D eigenvalue weighted by molar-refractivity contribution is 5.89. The standard InChI is InChI=1S/C16H23N3O3/c1-11-14(12(2)19(3)18-11)8-9-16(21)22-10-15(20)17-13-6-4-5-7-13/h8-9,13H,4-7,10H2,1-3H3,(H,17,20)/b9-8+. The maximum Gasteiger partial charge on any atom is 0.331 e. The predicted molar refractivity (Wildman–Crippen MR) is 83.1 cm³/mol. The van der Waals surface area contributed by atoms with E-state index in [1.54, 1.807) is 10.8 Å². The van der Waals surface area contributed by atoms with E-state index in [9.17, 15) is 9.59 Å². The molecule has 1 N–H and O–H groups in total. The van der Waals surface area contributed by atoms with Crippen LogP contribution in [0.5, 0.6) is 0 Å². The molecule has 0 atom stereocenters. The Kier molecular flexibility index (Phi) is 5.35. The molecule has 0 saturated heterocycles. The van der Waals surface area contributed by atoms with E-state index in [4.69, 9.17) is 4.74 Å². The van der Waals surface area contributed by atoms with Crippen LogP contribution in [-0.2, 0) is 21.4 Å². The number of hydrogen-bond acceptors (Lipinski definition) is 4. The van der Waals surface area contributed by atoms with Gasteiger partial charge in [-0.05, 0) is 32.8 Å². The highest BCUT2D eigenvalue weighted by Gasteiger charge is 2.17. The van der Waals surface area contributed by atoms with Crippen LogP contribution in [-0.4, -0.2) is 34.3 Å². The number of amides is 1. The molecule has 1 aliphatic carbocycles. The summed E-state index contributed by atoms with van der Waals surface area (Å²) in [7, 11) is 1.85. The van der Waals surface area contributed by atoms with E-state index in [0.29, 0.717) is 0 Å². The van der Waals surface area contributed by atoms with Crippen LogP contribution in [0.25, 0.3) is 6.08 Å². The summed E-state index contributed by atoms with van der Waals surface area (Å²) in [6, 6.07) is 0.238. The summed E-state index contributed by atoms with van der Waals surface area (Å²) in [4.78, 5) is 23.3. The largest absolute Gasteiger partial charge is 0.452 e. The topological polar surface area (TPSA) is 73.2 Å². The fourth-order valence-electron chi connectivity index (χ4n) is 2.71. The van der Waals surface area contributed by atoms with Gasteiger partial charge in [0.1, 0.15) is 0 Å². The van der Waals surface area contributed by atoms with Gasteiger partial charge in [0, 0.05) is 30.4 Å². The molecule has 1 saturated carbocycles. The van der Waals surface area contributed by atoms with Crippen molar-refractivity contribution in [2.24, 2.45) is 7.05 Å². The summed E-state index contributed by atoms with van der Waals surface area (Å²) < 4.78 is 6.72. The lowest BCUT2D eigenvalue weighted by Gasteiger charge is -2.11. The number of nitrogens with one attached hydrogen (secondary N) is 1. The molecule has 1 aromatic rings. The summed E-state index contributed by atoms with van der Waals surface area (Å²) in [6.07, 6.45) is 7.33. The summed E-state index contributed by atoms with van der Waals surface area (Å²) in [5, 5.41) is 7.15. The van der Waals surface area contributed by atoms with Gasteiger partial charge in [0.15, 0.2) is 6.61 Å². The second kappa shape index (κ2) is 7.24. The molecule has 0 spiro atoms. The van der Waals surface area contributed by atoms with E-state index >= 15 is 0 Å². The number of esters is 1. The van der Waals surface area contributed by atoms with E-state index in [0.717, 1.165) is 42.6 Å². The van der Waals surface area contributed by atoms with E-state index in [-0.39, 0.29) is 18.6 Å². The zero-order valence-electron chi connectivity index (χ0n) is 13.4. The van der Waals surface area contributed by atoms with Crippen molar-refractivity contribution in [1.82, 2.24) is 15.1 Å². The molecular weight excluding hydrogens is 282 g/mol. The first-order valence-corrected chi connectivity index (χ1v) is 7.61. The van der Waals surface area contributed by atoms with Crippen LogP contribution in [0.15, 0.2) is 6.08 Å². The number of carbonyl (C=O) groups excluding carboxylic acids is 2. The lowest BCUT2D eigenvalue weighted by molar-refractivity contribution is -0.144. The third-order valence-corrected chi connectivity index (χ3v) is 4.02. The third-order valence-electron chi connectivity index (χ3n) is 4.02. The Hall–Kier alpha value is -2.11. The molecule has 0 aliphatic heterocycles. The molecule has 1 aromatic heterocycles. The Morgan fingerprint density at radius 2 is 2.05 bits per heavy atom. The van der Waals surface area contributed by atoms with Gasteiger partial charge in [-0.1, -0.05) is 12.8 Å². The highest BCUT2D eigenvalue weighted by atomic mass is 16.5. The van der Waals surface area contributed by atoms with Gasteiger partial charge < -0.3 is 10.1 Å². The molecule has 0 aromatic carbocycles. The van der Waals surface area contributed by atoms with E-state index in [1.165, 1.54) is 6.08 Å². The average Bonchev–Trinajstić information content (AvgIpc) is 3.05. The number of hydrogen-bond donors (Lipinski definition) is 1. The first kappa shape index (κ1) is 16.3. The van der Waals surface area contributed by atoms with Gasteiger partial charge in [-0.25, -0.2) is 4.79 Å². The maximum absolute atomic E-state index is 11.7. The van der Waals surface area contributed by atoms with Gasteiger partial charge in [-0.15, -0.1) is 0 Å². The molecule has 1 amide bonds. The van der Waals surface area contributed by atoms with Crippen molar-refractivity contribution in [3.8, 4) is 0 Å². The number of carbonyl (C=O) groups is 2. The second-order valence-electron chi connectivity index (χ2n) is 5.70. The Bertz CT molecular complexity index is 584. The molecule has 1 heterocycles. The minimum absolute atomic E-state index is 0.231. The molecule has 6 nitrogen and oxygen atoms in total. The first-order chi connectivity index (χ1) is 10.5. The van der Waals surface area contributed by atoms with Gasteiger partial charge in [0.25, 0.3) is 5.91 Å². The van der Waals surface area contributed by atoms with Crippen LogP contribution >= 0.6 is 0 Å². The summed E-state index contributed by atoms with van der Waals surface area (Å²) >= 11 is 0. The Morgan fingerprint density at radius 3 is 2.64 bits per heavy atom. The fourth-order valence-corrected chi connectivity index (χ4v) is 2.71. The molecule has 2 rings (SSSR count). The molecule has 120 valence electrons. The number of ether oxygens (including phenoxy) is 1. The van der Waals surface area contributed by atoms with Crippen molar-refractivity contribution >= 4 is 18.0 Å². The minimum Gasteiger partial charge on any atom is -0.452 e. The summed E-state index contributed by atoms with van der Waals surface area (Å²) in [5.74, 6) is -0.758. The monoisotopic (exact) mass is 305 g/mol. The zero-order valence-corrected chi connectivity index (χ0v) is 13.4. The molecular formula is C16H23N3O3. The highest BCUT2D eigenvalue weighted by Crippen LogP contribution is 2.17. The van der Waals surface area contributed by atoms with Crippen molar-refractivity contribution in [1.29, 1.82) is 0 Å². The van der Waals surface area contributed by atoms with Crippen molar-refractivity contribution < 1.29 is 14.3 Å². The molecule has 0 unspecified atom stereocenters. The molecule has 1 fully saturated rings. The lowest BCUT2D eigenvalue weighted by Crippen LogP contribution is -2.35. The molecule has 6 heteroatoms. The van der Waals surface area contributed by atoms with Gasteiger partial charge in [0.2, 0.25) is 0 Å². The van der Waals surface area contributed by atoms with E-state index in [2.05, 4.69) is 10.4 Å². The van der Waals surface area contributed by atoms with Gasteiger partial charge in [0.05, 0.1) is 5.69 Å². The second-order valence-corrected chi connectivity index (χ2v) is 5.70. The average molecular weight is 305 g/mol. The normalized spacial score (nSPS) is 15.4. The molecule has 22 heavy (non-hydrogen) atoms. The zero-order chi connectivity index (χ0) is 16.1. The summed E-state index contributed by atoms with van der Waals surface area (Å²) in [6.45, 7) is 3.58. The Morgan fingerprint density at radius 1 is 1.36 bits per heavy atom. The maximum atomic E-state index is 11.7. The number of aromatic nitrogens is 2. The van der Waals surface area contributed by atoms with Crippen LogP contribution in [0.1, 0.15) is 42.6 Å². The lowest BCUT2D eigenvalue weighted by atomic mass is 10.2. The molecule has 0 radical (unpaired) electrons. The van der Waals surface area contributed by atoms with Crippen LogP contribution in [0.4, 0.5) is 0 Å². The van der Waals surface area contributed by atoms with Crippen molar-refractivity contribution in [2.45, 2.75) is 45.6 Å². The summed E-state index contributed by atoms with van der Waals surface area (Å²) in [5.41, 5.74) is 2.72. The van der Waals surface area contributed by atoms with Gasteiger partial charge >= 0.3 is 5.97 Å². The predicted octanol–water partition coefficient (Wildman–Crippen LogP) is 1.65. The molecule has 0 bridgehead atoms. The number of aryl methyl sites for hydroxylation is 2. The third kappa shape index (κ3) is 4.19. The quantitative estimate of drug-likeness (QED) is 0.663. The first-order valence-electron chi connectivity index (χ1n) is 7.61. The van der Waals surface area contributed by atoms with Crippen LogP contribution in [0.3, 0.4) is 0 Å². The van der Waals surface area contributed by atoms with Crippen molar-refractivity contribution in [3.63, 3.8) is 0 Å². The number of nitrogens with zero attached hydrogens (tertiary/aromatic N) is 2. The van der Waals surface area contributed by atoms with Crippen LogP contribution in [0.2, 0.25) is 0 Å². The van der Waals surface area contributed by atoms with E-state index < -0.39 is 5.97 Å². The smallest absolute Gasteiger partial charge is 0.331 e. The fraction of sp³-hybridized carbons (Fsp3) is 0.562. The molecule has 1 aliphatic rings. The Labute approximate surface area is 130 Å². The van der Waals surface area contributed by atoms with E-state index in [1.807, 2.05) is 20.9 Å². The van der Waals surface area contributed by atoms with Crippen LogP contribution < -0.4 is 5.32 Å². The van der Waals surface area contributed by atoms with Crippen molar-refractivity contribution in [2.75, 3.05) is 6.61 Å². The van der Waals surface area contributed by atoms with Crippen molar-refractivity contribution in [3.05, 3.63) is 23.0 Å². The minimum atomic E-state index is -0.524. The van der Waals surface area contributed by atoms with Gasteiger partial charge in [-0.2, -0.15) is 5.10 Å².